The number of hydrogen-bond donors (Lipinski definition) is 1. The van der Waals surface area contributed by atoms with Gasteiger partial charge >= 0.3 is 0 Å². The highest BCUT2D eigenvalue weighted by Gasteiger charge is 2.18. The monoisotopic (exact) mass is 524 g/mol. The van der Waals surface area contributed by atoms with E-state index in [0.29, 0.717) is 18.5 Å². The Kier molecular flexibility index (Phi) is 8.63. The Morgan fingerprint density at radius 2 is 1.68 bits per heavy atom. The van der Waals surface area contributed by atoms with E-state index in [4.69, 9.17) is 9.97 Å². The van der Waals surface area contributed by atoms with Crippen molar-refractivity contribution >= 4 is 23.5 Å². The molecule has 0 saturated carbocycles. The molecule has 194 valence electrons. The zero-order valence-corrected chi connectivity index (χ0v) is 22.4. The highest BCUT2D eigenvalue weighted by atomic mass is 32.2. The molecule has 5 rings (SSSR count). The van der Waals surface area contributed by atoms with Gasteiger partial charge in [-0.1, -0.05) is 60.3 Å². The molecule has 0 unspecified atom stereocenters. The lowest BCUT2D eigenvalue weighted by Gasteiger charge is -2.33. The van der Waals surface area contributed by atoms with Crippen LogP contribution in [0.1, 0.15) is 21.6 Å². The average Bonchev–Trinajstić information content (AvgIpc) is 2.97. The number of anilines is 1. The Labute approximate surface area is 228 Å². The van der Waals surface area contributed by atoms with E-state index in [-0.39, 0.29) is 5.91 Å². The third kappa shape index (κ3) is 6.96. The summed E-state index contributed by atoms with van der Waals surface area (Å²) in [7, 11) is 2.16. The Hall–Kier alpha value is -3.75. The summed E-state index contributed by atoms with van der Waals surface area (Å²) in [6.45, 7) is 4.51. The minimum Gasteiger partial charge on any atom is -0.354 e. The summed E-state index contributed by atoms with van der Waals surface area (Å²) in [6.07, 6.45) is 2.48. The van der Waals surface area contributed by atoms with E-state index in [1.54, 1.807) is 18.0 Å². The number of aromatic nitrogens is 3. The van der Waals surface area contributed by atoms with Crippen LogP contribution < -0.4 is 10.2 Å². The highest BCUT2D eigenvalue weighted by Crippen LogP contribution is 2.28. The van der Waals surface area contributed by atoms with Crippen LogP contribution in [0.15, 0.2) is 90.2 Å². The van der Waals surface area contributed by atoms with Crippen molar-refractivity contribution in [2.45, 2.75) is 17.3 Å². The molecule has 8 heteroatoms. The van der Waals surface area contributed by atoms with Gasteiger partial charge in [0.1, 0.15) is 5.82 Å². The summed E-state index contributed by atoms with van der Waals surface area (Å²) >= 11 is 1.62. The van der Waals surface area contributed by atoms with Crippen molar-refractivity contribution in [2.24, 2.45) is 0 Å². The predicted molar refractivity (Wildman–Crippen MR) is 153 cm³/mol. The van der Waals surface area contributed by atoms with Gasteiger partial charge in [0.15, 0.2) is 5.16 Å². The van der Waals surface area contributed by atoms with Gasteiger partial charge in [0.25, 0.3) is 5.91 Å². The molecular weight excluding hydrogens is 492 g/mol. The molecule has 0 atom stereocenters. The van der Waals surface area contributed by atoms with Crippen molar-refractivity contribution < 1.29 is 4.79 Å². The molecule has 38 heavy (non-hydrogen) atoms. The summed E-state index contributed by atoms with van der Waals surface area (Å²) in [4.78, 5) is 31.3. The van der Waals surface area contributed by atoms with Crippen LogP contribution in [0.2, 0.25) is 0 Å². The standard InChI is InChI=1S/C30H32N6OS/c1-35-17-19-36(20-18-35)28-21-27(24-7-3-2-4-8-24)33-30(34-28)38-22-23-10-12-25(13-11-23)29(37)32-16-14-26-9-5-6-15-31-26/h2-13,15,21H,14,16-20,22H2,1H3,(H,32,37). The van der Waals surface area contributed by atoms with Gasteiger partial charge in [-0.2, -0.15) is 0 Å². The van der Waals surface area contributed by atoms with Crippen molar-refractivity contribution in [1.82, 2.24) is 25.2 Å². The summed E-state index contributed by atoms with van der Waals surface area (Å²) in [6, 6.07) is 25.9. The van der Waals surface area contributed by atoms with Gasteiger partial charge in [-0.05, 0) is 36.9 Å². The molecule has 1 aliphatic rings. The zero-order valence-electron chi connectivity index (χ0n) is 21.6. The molecule has 3 heterocycles. The third-order valence-corrected chi connectivity index (χ3v) is 7.48. The molecule has 1 amide bonds. The molecule has 0 bridgehead atoms. The van der Waals surface area contributed by atoms with E-state index in [1.165, 1.54) is 0 Å². The van der Waals surface area contributed by atoms with E-state index in [2.05, 4.69) is 45.3 Å². The first kappa shape index (κ1) is 25.9. The maximum Gasteiger partial charge on any atom is 0.251 e. The predicted octanol–water partition coefficient (Wildman–Crippen LogP) is 4.56. The number of hydrogen-bond acceptors (Lipinski definition) is 7. The van der Waals surface area contributed by atoms with E-state index < -0.39 is 0 Å². The van der Waals surface area contributed by atoms with Crippen molar-refractivity contribution in [1.29, 1.82) is 0 Å². The third-order valence-electron chi connectivity index (χ3n) is 6.57. The van der Waals surface area contributed by atoms with Crippen molar-refractivity contribution in [3.63, 3.8) is 0 Å². The fourth-order valence-electron chi connectivity index (χ4n) is 4.28. The number of carbonyl (C=O) groups is 1. The van der Waals surface area contributed by atoms with Gasteiger partial charge in [-0.3, -0.25) is 9.78 Å². The number of amides is 1. The van der Waals surface area contributed by atoms with Crippen LogP contribution in [0, 0.1) is 0 Å². The molecule has 0 spiro atoms. The van der Waals surface area contributed by atoms with Crippen LogP contribution in [0.5, 0.6) is 0 Å². The Balaban J connectivity index is 1.23. The quantitative estimate of drug-likeness (QED) is 0.254. The van der Waals surface area contributed by atoms with Gasteiger partial charge in [-0.15, -0.1) is 0 Å². The number of carbonyl (C=O) groups excluding carboxylic acids is 1. The molecule has 4 aromatic rings. The van der Waals surface area contributed by atoms with Crippen LogP contribution in [-0.4, -0.2) is 65.5 Å². The van der Waals surface area contributed by atoms with Crippen LogP contribution >= 0.6 is 11.8 Å². The fourth-order valence-corrected chi connectivity index (χ4v) is 5.09. The first-order chi connectivity index (χ1) is 18.6. The van der Waals surface area contributed by atoms with Crippen molar-refractivity contribution in [2.75, 3.05) is 44.7 Å². The van der Waals surface area contributed by atoms with E-state index >= 15 is 0 Å². The van der Waals surface area contributed by atoms with Crippen LogP contribution in [0.4, 0.5) is 5.82 Å². The molecular formula is C30H32N6OS. The van der Waals surface area contributed by atoms with Crippen LogP contribution in [-0.2, 0) is 12.2 Å². The number of thioether (sulfide) groups is 1. The summed E-state index contributed by atoms with van der Waals surface area (Å²) in [5, 5.41) is 3.74. The summed E-state index contributed by atoms with van der Waals surface area (Å²) in [5.74, 6) is 1.63. The number of benzene rings is 2. The smallest absolute Gasteiger partial charge is 0.251 e. The number of nitrogens with zero attached hydrogens (tertiary/aromatic N) is 5. The van der Waals surface area contributed by atoms with Crippen LogP contribution in [0.25, 0.3) is 11.3 Å². The SMILES string of the molecule is CN1CCN(c2cc(-c3ccccc3)nc(SCc3ccc(C(=O)NCCc4ccccn4)cc3)n2)CC1. The molecule has 2 aromatic carbocycles. The maximum atomic E-state index is 12.5. The molecule has 1 N–H and O–H groups in total. The van der Waals surface area contributed by atoms with E-state index in [0.717, 1.165) is 65.4 Å². The van der Waals surface area contributed by atoms with Crippen molar-refractivity contribution in [3.8, 4) is 11.3 Å². The molecule has 0 radical (unpaired) electrons. The van der Waals surface area contributed by atoms with Gasteiger partial charge in [-0.25, -0.2) is 9.97 Å². The van der Waals surface area contributed by atoms with Gasteiger partial charge < -0.3 is 15.1 Å². The van der Waals surface area contributed by atoms with Gasteiger partial charge in [0, 0.05) is 74.0 Å². The van der Waals surface area contributed by atoms with E-state index in [1.807, 2.05) is 60.7 Å². The lowest BCUT2D eigenvalue weighted by atomic mass is 10.1. The number of rotatable bonds is 9. The van der Waals surface area contributed by atoms with Gasteiger partial charge in [0.2, 0.25) is 0 Å². The second-order valence-corrected chi connectivity index (χ2v) is 10.3. The minimum atomic E-state index is -0.0733. The maximum absolute atomic E-state index is 12.5. The Bertz CT molecular complexity index is 1330. The first-order valence-corrected chi connectivity index (χ1v) is 13.9. The lowest BCUT2D eigenvalue weighted by Crippen LogP contribution is -2.44. The zero-order chi connectivity index (χ0) is 26.2. The molecule has 2 aromatic heterocycles. The molecule has 1 saturated heterocycles. The largest absolute Gasteiger partial charge is 0.354 e. The molecule has 7 nitrogen and oxygen atoms in total. The second-order valence-electron chi connectivity index (χ2n) is 9.36. The lowest BCUT2D eigenvalue weighted by molar-refractivity contribution is 0.0954. The highest BCUT2D eigenvalue weighted by molar-refractivity contribution is 7.98. The number of likely N-dealkylation sites (N-methyl/N-ethyl adjacent to an activating group) is 1. The second kappa shape index (κ2) is 12.7. The number of piperazine rings is 1. The Morgan fingerprint density at radius 3 is 2.42 bits per heavy atom. The summed E-state index contributed by atoms with van der Waals surface area (Å²) in [5.41, 5.74) is 4.77. The minimum absolute atomic E-state index is 0.0733. The fraction of sp³-hybridized carbons (Fsp3) is 0.267. The van der Waals surface area contributed by atoms with Crippen molar-refractivity contribution in [3.05, 3.63) is 102 Å². The van der Waals surface area contributed by atoms with Crippen LogP contribution in [0.3, 0.4) is 0 Å². The molecule has 1 fully saturated rings. The normalized spacial score (nSPS) is 13.9. The first-order valence-electron chi connectivity index (χ1n) is 12.9. The molecule has 1 aliphatic heterocycles. The van der Waals surface area contributed by atoms with E-state index in [9.17, 15) is 4.79 Å². The number of nitrogens with one attached hydrogen (secondary N) is 1. The molecule has 0 aliphatic carbocycles. The average molecular weight is 525 g/mol. The number of pyridine rings is 1. The summed E-state index contributed by atoms with van der Waals surface area (Å²) < 4.78 is 0. The topological polar surface area (TPSA) is 74.2 Å². The van der Waals surface area contributed by atoms with Gasteiger partial charge in [0.05, 0.1) is 5.69 Å². The Morgan fingerprint density at radius 1 is 0.921 bits per heavy atom.